The van der Waals surface area contributed by atoms with Crippen LogP contribution >= 0.6 is 0 Å². The molecule has 3 rings (SSSR count). The molecule has 1 aromatic heterocycles. The summed E-state index contributed by atoms with van der Waals surface area (Å²) in [6, 6.07) is 4.51. The van der Waals surface area contributed by atoms with Gasteiger partial charge in [-0.1, -0.05) is 6.92 Å². The van der Waals surface area contributed by atoms with Crippen molar-refractivity contribution in [2.75, 3.05) is 0 Å². The Bertz CT molecular complexity index is 774. The third kappa shape index (κ3) is 2.51. The summed E-state index contributed by atoms with van der Waals surface area (Å²) < 4.78 is 10.4. The molecule has 1 heterocycles. The third-order valence-electron chi connectivity index (χ3n) is 4.00. The SMILES string of the molecule is Cc1c(O)ccc2c(COC(=O)[C@H]3C[C@H]3C)cc(=O)oc12. The van der Waals surface area contributed by atoms with E-state index in [1.54, 1.807) is 13.0 Å². The first-order chi connectivity index (χ1) is 9.97. The molecule has 1 aliphatic carbocycles. The van der Waals surface area contributed by atoms with E-state index in [2.05, 4.69) is 0 Å². The van der Waals surface area contributed by atoms with Gasteiger partial charge in [0.2, 0.25) is 0 Å². The topological polar surface area (TPSA) is 76.7 Å². The van der Waals surface area contributed by atoms with E-state index in [-0.39, 0.29) is 24.2 Å². The number of carbonyl (C=O) groups excluding carboxylic acids is 1. The summed E-state index contributed by atoms with van der Waals surface area (Å²) in [4.78, 5) is 23.4. The molecule has 1 aliphatic rings. The fourth-order valence-corrected chi connectivity index (χ4v) is 2.44. The number of esters is 1. The van der Waals surface area contributed by atoms with Crippen LogP contribution in [0, 0.1) is 18.8 Å². The van der Waals surface area contributed by atoms with Crippen molar-refractivity contribution >= 4 is 16.9 Å². The van der Waals surface area contributed by atoms with Crippen LogP contribution < -0.4 is 5.63 Å². The zero-order valence-electron chi connectivity index (χ0n) is 11.9. The predicted octanol–water partition coefficient (Wildman–Crippen LogP) is 2.51. The first-order valence-electron chi connectivity index (χ1n) is 6.89. The largest absolute Gasteiger partial charge is 0.508 e. The lowest BCUT2D eigenvalue weighted by molar-refractivity contribution is -0.146. The first kappa shape index (κ1) is 13.7. The summed E-state index contributed by atoms with van der Waals surface area (Å²) >= 11 is 0. The second-order valence-corrected chi connectivity index (χ2v) is 5.60. The molecule has 0 aliphatic heterocycles. The monoisotopic (exact) mass is 288 g/mol. The fourth-order valence-electron chi connectivity index (χ4n) is 2.44. The predicted molar refractivity (Wildman–Crippen MR) is 76.0 cm³/mol. The summed E-state index contributed by atoms with van der Waals surface area (Å²) in [5.74, 6) is 0.211. The number of aryl methyl sites for hydroxylation is 1. The molecule has 5 heteroatoms. The number of carbonyl (C=O) groups is 1. The van der Waals surface area contributed by atoms with E-state index < -0.39 is 5.63 Å². The van der Waals surface area contributed by atoms with E-state index in [0.717, 1.165) is 6.42 Å². The van der Waals surface area contributed by atoms with Gasteiger partial charge in [0.1, 0.15) is 17.9 Å². The molecule has 0 radical (unpaired) electrons. The highest BCUT2D eigenvalue weighted by Crippen LogP contribution is 2.39. The van der Waals surface area contributed by atoms with E-state index in [1.165, 1.54) is 12.1 Å². The number of phenols is 1. The first-order valence-corrected chi connectivity index (χ1v) is 6.89. The maximum absolute atomic E-state index is 11.8. The van der Waals surface area contributed by atoms with Crippen LogP contribution in [0.15, 0.2) is 27.4 Å². The van der Waals surface area contributed by atoms with Crippen molar-refractivity contribution in [1.82, 2.24) is 0 Å². The van der Waals surface area contributed by atoms with Crippen LogP contribution in [-0.2, 0) is 16.1 Å². The van der Waals surface area contributed by atoms with Gasteiger partial charge < -0.3 is 14.3 Å². The maximum Gasteiger partial charge on any atom is 0.336 e. The zero-order valence-corrected chi connectivity index (χ0v) is 11.9. The molecule has 1 saturated carbocycles. The molecule has 0 amide bonds. The second kappa shape index (κ2) is 4.91. The Morgan fingerprint density at radius 2 is 2.19 bits per heavy atom. The minimum absolute atomic E-state index is 0.0119. The highest BCUT2D eigenvalue weighted by atomic mass is 16.5. The number of benzene rings is 1. The Hall–Kier alpha value is -2.30. The molecule has 110 valence electrons. The normalized spacial score (nSPS) is 20.5. The van der Waals surface area contributed by atoms with Gasteiger partial charge in [-0.3, -0.25) is 4.79 Å². The van der Waals surface area contributed by atoms with Gasteiger partial charge in [0.05, 0.1) is 5.92 Å². The van der Waals surface area contributed by atoms with Gasteiger partial charge in [0.15, 0.2) is 0 Å². The Morgan fingerprint density at radius 3 is 2.86 bits per heavy atom. The molecule has 2 atom stereocenters. The van der Waals surface area contributed by atoms with E-state index in [9.17, 15) is 14.7 Å². The molecule has 0 unspecified atom stereocenters. The Morgan fingerprint density at radius 1 is 1.48 bits per heavy atom. The molecule has 2 aromatic rings. The molecule has 1 fully saturated rings. The van der Waals surface area contributed by atoms with Crippen LogP contribution in [0.2, 0.25) is 0 Å². The molecule has 21 heavy (non-hydrogen) atoms. The standard InChI is InChI=1S/C16H16O5/c1-8-5-12(8)16(19)20-7-10-6-14(18)21-15-9(2)13(17)4-3-11(10)15/h3-4,6,8,12,17H,5,7H2,1-2H3/t8-,12+/m1/s1. The van der Waals surface area contributed by atoms with Gasteiger partial charge in [-0.15, -0.1) is 0 Å². The number of phenolic OH excluding ortho intramolecular Hbond substituents is 1. The molecule has 5 nitrogen and oxygen atoms in total. The van der Waals surface area contributed by atoms with E-state index in [1.807, 2.05) is 6.92 Å². The average molecular weight is 288 g/mol. The molecule has 0 spiro atoms. The van der Waals surface area contributed by atoms with Crippen molar-refractivity contribution < 1.29 is 19.1 Å². The minimum atomic E-state index is -0.526. The average Bonchev–Trinajstić information content (AvgIpc) is 3.17. The Labute approximate surface area is 121 Å². The van der Waals surface area contributed by atoms with E-state index >= 15 is 0 Å². The second-order valence-electron chi connectivity index (χ2n) is 5.60. The van der Waals surface area contributed by atoms with E-state index in [4.69, 9.17) is 9.15 Å². The van der Waals surface area contributed by atoms with Crippen molar-refractivity contribution in [1.29, 1.82) is 0 Å². The quantitative estimate of drug-likeness (QED) is 0.693. The zero-order chi connectivity index (χ0) is 15.1. The van der Waals surface area contributed by atoms with Crippen molar-refractivity contribution in [3.05, 3.63) is 39.7 Å². The van der Waals surface area contributed by atoms with Crippen LogP contribution in [0.4, 0.5) is 0 Å². The minimum Gasteiger partial charge on any atom is -0.508 e. The van der Waals surface area contributed by atoms with Crippen LogP contribution in [-0.4, -0.2) is 11.1 Å². The van der Waals surface area contributed by atoms with Crippen LogP contribution in [0.1, 0.15) is 24.5 Å². The lowest BCUT2D eigenvalue weighted by Crippen LogP contribution is -2.10. The van der Waals surface area contributed by atoms with Crippen molar-refractivity contribution in [2.24, 2.45) is 11.8 Å². The summed E-state index contributed by atoms with van der Waals surface area (Å²) in [7, 11) is 0. The Kier molecular flexibility index (Phi) is 3.20. The van der Waals surface area contributed by atoms with Gasteiger partial charge >= 0.3 is 11.6 Å². The summed E-state index contributed by atoms with van der Waals surface area (Å²) in [5, 5.41) is 10.3. The maximum atomic E-state index is 11.8. The molecule has 0 bridgehead atoms. The molecular weight excluding hydrogens is 272 g/mol. The molecular formula is C16H16O5. The van der Waals surface area contributed by atoms with Crippen LogP contribution in [0.5, 0.6) is 5.75 Å². The number of aromatic hydroxyl groups is 1. The van der Waals surface area contributed by atoms with Gasteiger partial charge in [-0.2, -0.15) is 0 Å². The van der Waals surface area contributed by atoms with Gasteiger partial charge in [0.25, 0.3) is 0 Å². The van der Waals surface area contributed by atoms with Crippen LogP contribution in [0.3, 0.4) is 0 Å². The highest BCUT2D eigenvalue weighted by molar-refractivity contribution is 5.85. The van der Waals surface area contributed by atoms with Gasteiger partial charge in [-0.05, 0) is 31.4 Å². The number of rotatable bonds is 3. The number of hydrogen-bond acceptors (Lipinski definition) is 5. The number of fused-ring (bicyclic) bond motifs is 1. The molecule has 1 N–H and O–H groups in total. The van der Waals surface area contributed by atoms with Crippen molar-refractivity contribution in [3.63, 3.8) is 0 Å². The smallest absolute Gasteiger partial charge is 0.336 e. The van der Waals surface area contributed by atoms with E-state index in [0.29, 0.717) is 28.0 Å². The van der Waals surface area contributed by atoms with Crippen LogP contribution in [0.25, 0.3) is 11.0 Å². The van der Waals surface area contributed by atoms with Crippen molar-refractivity contribution in [3.8, 4) is 5.75 Å². The van der Waals surface area contributed by atoms with Gasteiger partial charge in [-0.25, -0.2) is 4.79 Å². The number of ether oxygens (including phenoxy) is 1. The summed E-state index contributed by atoms with van der Waals surface area (Å²) in [6.07, 6.45) is 0.865. The highest BCUT2D eigenvalue weighted by Gasteiger charge is 2.40. The summed E-state index contributed by atoms with van der Waals surface area (Å²) in [5.41, 5.74) is 0.884. The Balaban J connectivity index is 1.93. The molecule has 0 saturated heterocycles. The summed E-state index contributed by atoms with van der Waals surface area (Å²) in [6.45, 7) is 3.71. The fraction of sp³-hybridized carbons (Fsp3) is 0.375. The lowest BCUT2D eigenvalue weighted by Gasteiger charge is -2.09. The lowest BCUT2D eigenvalue weighted by atomic mass is 10.1. The third-order valence-corrected chi connectivity index (χ3v) is 4.00. The van der Waals surface area contributed by atoms with Gasteiger partial charge in [0, 0.05) is 22.6 Å². The molecule has 1 aromatic carbocycles. The van der Waals surface area contributed by atoms with Crippen molar-refractivity contribution in [2.45, 2.75) is 26.9 Å². The number of hydrogen-bond donors (Lipinski definition) is 1.